The molecule has 4 N–H and O–H groups in total. The minimum atomic E-state index is -0.455. The summed E-state index contributed by atoms with van der Waals surface area (Å²) in [6.45, 7) is 4.50. The van der Waals surface area contributed by atoms with Gasteiger partial charge >= 0.3 is 0 Å². The lowest BCUT2D eigenvalue weighted by atomic mass is 9.87. The van der Waals surface area contributed by atoms with Gasteiger partial charge in [-0.25, -0.2) is 4.99 Å². The van der Waals surface area contributed by atoms with E-state index in [0.717, 1.165) is 56.1 Å². The highest BCUT2D eigenvalue weighted by atomic mass is 16.5. The van der Waals surface area contributed by atoms with Crippen molar-refractivity contribution in [3.05, 3.63) is 18.2 Å². The van der Waals surface area contributed by atoms with E-state index in [4.69, 9.17) is 21.2 Å². The Morgan fingerprint density at radius 1 is 1.11 bits per heavy atom. The van der Waals surface area contributed by atoms with Crippen LogP contribution >= 0.6 is 0 Å². The molecular weight excluding hydrogens is 352 g/mol. The highest BCUT2D eigenvalue weighted by Gasteiger charge is 2.43. The van der Waals surface area contributed by atoms with Gasteiger partial charge in [0.05, 0.1) is 12.8 Å². The average molecular weight is 385 g/mol. The van der Waals surface area contributed by atoms with Gasteiger partial charge in [-0.1, -0.05) is 13.3 Å². The zero-order valence-corrected chi connectivity index (χ0v) is 17.0. The number of benzene rings is 1. The molecule has 1 aromatic carbocycles. The first-order chi connectivity index (χ1) is 13.5. The van der Waals surface area contributed by atoms with Gasteiger partial charge in [0.1, 0.15) is 11.4 Å². The van der Waals surface area contributed by atoms with E-state index in [0.29, 0.717) is 5.96 Å². The molecule has 0 atom stereocenters. The molecule has 2 heterocycles. The Bertz CT molecular complexity index is 775. The van der Waals surface area contributed by atoms with E-state index in [1.165, 1.54) is 24.9 Å². The van der Waals surface area contributed by atoms with E-state index >= 15 is 0 Å². The molecule has 1 aromatic rings. The fourth-order valence-electron chi connectivity index (χ4n) is 4.78. The molecule has 0 bridgehead atoms. The normalized spacial score (nSPS) is 22.8. The summed E-state index contributed by atoms with van der Waals surface area (Å²) in [5.74, 6) is 2.27. The van der Waals surface area contributed by atoms with Crippen molar-refractivity contribution in [3.63, 3.8) is 0 Å². The third-order valence-electron chi connectivity index (χ3n) is 6.40. The molecule has 1 aliphatic carbocycles. The largest absolute Gasteiger partial charge is 0.494 e. The van der Waals surface area contributed by atoms with E-state index in [2.05, 4.69) is 35.0 Å². The Morgan fingerprint density at radius 3 is 2.50 bits per heavy atom. The van der Waals surface area contributed by atoms with Gasteiger partial charge in [-0.2, -0.15) is 4.99 Å². The molecule has 1 saturated carbocycles. The van der Waals surface area contributed by atoms with E-state index in [1.54, 1.807) is 7.11 Å². The summed E-state index contributed by atoms with van der Waals surface area (Å²) >= 11 is 0. The Kier molecular flexibility index (Phi) is 5.08. The van der Waals surface area contributed by atoms with E-state index in [9.17, 15) is 0 Å². The number of rotatable bonds is 3. The molecule has 4 rings (SSSR count). The topological polar surface area (TPSA) is 92.5 Å². The van der Waals surface area contributed by atoms with Crippen LogP contribution < -0.4 is 26.0 Å². The summed E-state index contributed by atoms with van der Waals surface area (Å²) in [5.41, 5.74) is 14.0. The molecule has 0 amide bonds. The minimum absolute atomic E-state index is 0.272. The van der Waals surface area contributed by atoms with E-state index < -0.39 is 5.66 Å². The fraction of sp³-hybridized carbons (Fsp3) is 0.619. The molecule has 3 aliphatic rings. The lowest BCUT2D eigenvalue weighted by Gasteiger charge is -2.46. The summed E-state index contributed by atoms with van der Waals surface area (Å²) in [4.78, 5) is 13.5. The molecule has 0 radical (unpaired) electrons. The van der Waals surface area contributed by atoms with Crippen LogP contribution in [0.15, 0.2) is 28.2 Å². The summed E-state index contributed by atoms with van der Waals surface area (Å²) in [5, 5.41) is 0. The first kappa shape index (κ1) is 18.9. The van der Waals surface area contributed by atoms with Crippen molar-refractivity contribution in [3.8, 4) is 5.75 Å². The molecule has 0 unspecified atom stereocenters. The van der Waals surface area contributed by atoms with Gasteiger partial charge in [0.15, 0.2) is 0 Å². The smallest absolute Gasteiger partial charge is 0.220 e. The number of hydrogen-bond acceptors (Lipinski definition) is 7. The summed E-state index contributed by atoms with van der Waals surface area (Å²) in [6.07, 6.45) is 7.71. The maximum atomic E-state index is 6.38. The number of aliphatic imine (C=N–C) groups is 2. The van der Waals surface area contributed by atoms with Crippen LogP contribution in [0, 0.1) is 5.92 Å². The monoisotopic (exact) mass is 384 g/mol. The average Bonchev–Trinajstić information content (AvgIpc) is 2.69. The maximum Gasteiger partial charge on any atom is 0.220 e. The molecule has 2 aliphatic heterocycles. The van der Waals surface area contributed by atoms with Gasteiger partial charge in [-0.3, -0.25) is 4.90 Å². The van der Waals surface area contributed by atoms with Crippen LogP contribution in [-0.4, -0.2) is 37.8 Å². The summed E-state index contributed by atoms with van der Waals surface area (Å²) in [6, 6.07) is 6.39. The van der Waals surface area contributed by atoms with Gasteiger partial charge in [0, 0.05) is 24.8 Å². The van der Waals surface area contributed by atoms with Crippen LogP contribution in [0.5, 0.6) is 5.75 Å². The Labute approximate surface area is 167 Å². The molecular formula is C21H32N6O. The predicted molar refractivity (Wildman–Crippen MR) is 115 cm³/mol. The van der Waals surface area contributed by atoms with E-state index in [1.807, 2.05) is 4.90 Å². The molecule has 1 spiro atoms. The van der Waals surface area contributed by atoms with Crippen molar-refractivity contribution in [2.24, 2.45) is 27.4 Å². The van der Waals surface area contributed by atoms with Crippen LogP contribution in [0.25, 0.3) is 0 Å². The lowest BCUT2D eigenvalue weighted by molar-refractivity contribution is 0.303. The Balaban J connectivity index is 1.70. The molecule has 0 aromatic heterocycles. The second-order valence-corrected chi connectivity index (χ2v) is 8.34. The van der Waals surface area contributed by atoms with Crippen LogP contribution in [0.1, 0.15) is 51.9 Å². The van der Waals surface area contributed by atoms with Gasteiger partial charge < -0.3 is 21.1 Å². The van der Waals surface area contributed by atoms with Crippen molar-refractivity contribution in [2.45, 2.75) is 57.5 Å². The first-order valence-corrected chi connectivity index (χ1v) is 10.5. The van der Waals surface area contributed by atoms with Crippen molar-refractivity contribution in [1.82, 2.24) is 0 Å². The number of hydrogen-bond donors (Lipinski definition) is 2. The number of piperidine rings is 1. The molecule has 7 heteroatoms. The zero-order valence-electron chi connectivity index (χ0n) is 17.0. The number of guanidine groups is 2. The maximum absolute atomic E-state index is 6.38. The zero-order chi connectivity index (χ0) is 19.7. The van der Waals surface area contributed by atoms with Crippen LogP contribution in [-0.2, 0) is 0 Å². The lowest BCUT2D eigenvalue weighted by Crippen LogP contribution is -2.58. The number of nitrogens with zero attached hydrogens (tertiary/aromatic N) is 4. The summed E-state index contributed by atoms with van der Waals surface area (Å²) in [7, 11) is 1.71. The molecule has 7 nitrogen and oxygen atoms in total. The minimum Gasteiger partial charge on any atom is -0.494 e. The predicted octanol–water partition coefficient (Wildman–Crippen LogP) is 3.04. The van der Waals surface area contributed by atoms with Crippen LogP contribution in [0.3, 0.4) is 0 Å². The summed E-state index contributed by atoms with van der Waals surface area (Å²) < 4.78 is 5.80. The third kappa shape index (κ3) is 3.38. The van der Waals surface area contributed by atoms with E-state index in [-0.39, 0.29) is 5.96 Å². The standard InChI is InChI=1S/C21H32N6O/c1-15-8-12-26(13-9-15)16-6-7-17(18(14-16)28-2)27-20(23)24-19(22)25-21(27)10-4-3-5-11-21/h6-7,14-15H,3-5,8-13H2,1-2H3,(H4,22,23,24,25). The third-order valence-corrected chi connectivity index (χ3v) is 6.40. The SMILES string of the molecule is COc1cc(N2CCC(C)CC2)ccc1N1C(N)=NC(N)=NC12CCCCC2. The van der Waals surface area contributed by atoms with Crippen molar-refractivity contribution in [2.75, 3.05) is 30.0 Å². The number of ether oxygens (including phenoxy) is 1. The Morgan fingerprint density at radius 2 is 1.82 bits per heavy atom. The van der Waals surface area contributed by atoms with Crippen molar-refractivity contribution >= 4 is 23.3 Å². The molecule has 2 fully saturated rings. The van der Waals surface area contributed by atoms with Crippen LogP contribution in [0.2, 0.25) is 0 Å². The van der Waals surface area contributed by atoms with Gasteiger partial charge in [0.25, 0.3) is 0 Å². The Hall–Kier alpha value is -2.44. The van der Waals surface area contributed by atoms with Crippen molar-refractivity contribution < 1.29 is 4.74 Å². The quantitative estimate of drug-likeness (QED) is 0.836. The molecule has 1 saturated heterocycles. The van der Waals surface area contributed by atoms with Crippen molar-refractivity contribution in [1.29, 1.82) is 0 Å². The first-order valence-electron chi connectivity index (χ1n) is 10.5. The number of anilines is 2. The highest BCUT2D eigenvalue weighted by molar-refractivity contribution is 6.06. The molecule has 28 heavy (non-hydrogen) atoms. The van der Waals surface area contributed by atoms with Gasteiger partial charge in [-0.05, 0) is 56.6 Å². The fourth-order valence-corrected chi connectivity index (χ4v) is 4.78. The second-order valence-electron chi connectivity index (χ2n) is 8.34. The van der Waals surface area contributed by atoms with Crippen LogP contribution in [0.4, 0.5) is 11.4 Å². The van der Waals surface area contributed by atoms with Gasteiger partial charge in [-0.15, -0.1) is 0 Å². The number of nitrogens with two attached hydrogens (primary N) is 2. The second kappa shape index (κ2) is 7.53. The number of methoxy groups -OCH3 is 1. The van der Waals surface area contributed by atoms with Gasteiger partial charge in [0.2, 0.25) is 11.9 Å². The molecule has 152 valence electrons. The highest BCUT2D eigenvalue weighted by Crippen LogP contribution is 2.43.